The molecule has 0 unspecified atom stereocenters. The SMILES string of the molecule is CCOC(=O)C[C@@H](NC(=O)c1cccc(F)c1)c1ccc(C)cc1. The predicted octanol–water partition coefficient (Wildman–Crippen LogP) is 3.56. The molecule has 2 aromatic carbocycles. The molecule has 0 aliphatic carbocycles. The standard InChI is InChI=1S/C19H20FNO3/c1-3-24-18(22)12-17(14-9-7-13(2)8-10-14)21-19(23)15-5-4-6-16(20)11-15/h4-11,17H,3,12H2,1-2H3,(H,21,23)/t17-/m1/s1. The summed E-state index contributed by atoms with van der Waals surface area (Å²) in [6.07, 6.45) is 0.0119. The first-order valence-corrected chi connectivity index (χ1v) is 7.78. The van der Waals surface area contributed by atoms with Crippen molar-refractivity contribution in [2.45, 2.75) is 26.3 Å². The lowest BCUT2D eigenvalue weighted by Crippen LogP contribution is -2.30. The summed E-state index contributed by atoms with van der Waals surface area (Å²) >= 11 is 0. The highest BCUT2D eigenvalue weighted by molar-refractivity contribution is 5.94. The van der Waals surface area contributed by atoms with Crippen molar-refractivity contribution >= 4 is 11.9 Å². The Bertz CT molecular complexity index is 713. The molecule has 1 atom stereocenters. The number of benzene rings is 2. The molecular formula is C19H20FNO3. The van der Waals surface area contributed by atoms with Gasteiger partial charge >= 0.3 is 5.97 Å². The Morgan fingerprint density at radius 2 is 1.88 bits per heavy atom. The third-order valence-corrected chi connectivity index (χ3v) is 3.55. The van der Waals surface area contributed by atoms with Gasteiger partial charge < -0.3 is 10.1 Å². The average molecular weight is 329 g/mol. The second-order valence-corrected chi connectivity index (χ2v) is 5.46. The smallest absolute Gasteiger partial charge is 0.308 e. The Labute approximate surface area is 140 Å². The maximum absolute atomic E-state index is 13.3. The second kappa shape index (κ2) is 8.24. The Balaban J connectivity index is 2.20. The molecule has 0 spiro atoms. The molecule has 0 saturated carbocycles. The van der Waals surface area contributed by atoms with Gasteiger partial charge in [0, 0.05) is 5.56 Å². The van der Waals surface area contributed by atoms with Crippen LogP contribution in [0.25, 0.3) is 0 Å². The van der Waals surface area contributed by atoms with E-state index in [1.165, 1.54) is 18.2 Å². The molecule has 0 bridgehead atoms. The zero-order chi connectivity index (χ0) is 17.5. The third kappa shape index (κ3) is 4.91. The Morgan fingerprint density at radius 1 is 1.17 bits per heavy atom. The van der Waals surface area contributed by atoms with Crippen molar-refractivity contribution in [3.63, 3.8) is 0 Å². The maximum atomic E-state index is 13.3. The van der Waals surface area contributed by atoms with Crippen LogP contribution in [0, 0.1) is 12.7 Å². The van der Waals surface area contributed by atoms with Gasteiger partial charge in [-0.1, -0.05) is 35.9 Å². The number of halogens is 1. The van der Waals surface area contributed by atoms with Crippen LogP contribution in [0.2, 0.25) is 0 Å². The van der Waals surface area contributed by atoms with E-state index in [0.29, 0.717) is 0 Å². The van der Waals surface area contributed by atoms with Crippen LogP contribution in [0.15, 0.2) is 48.5 Å². The number of nitrogens with one attached hydrogen (secondary N) is 1. The van der Waals surface area contributed by atoms with E-state index in [1.807, 2.05) is 31.2 Å². The number of esters is 1. The zero-order valence-electron chi connectivity index (χ0n) is 13.7. The van der Waals surface area contributed by atoms with Crippen molar-refractivity contribution in [1.82, 2.24) is 5.32 Å². The van der Waals surface area contributed by atoms with E-state index < -0.39 is 23.7 Å². The molecule has 5 heteroatoms. The molecule has 24 heavy (non-hydrogen) atoms. The first-order valence-electron chi connectivity index (χ1n) is 7.78. The van der Waals surface area contributed by atoms with Gasteiger partial charge in [0.2, 0.25) is 0 Å². The molecule has 0 radical (unpaired) electrons. The zero-order valence-corrected chi connectivity index (χ0v) is 13.7. The number of carbonyl (C=O) groups excluding carboxylic acids is 2. The fourth-order valence-corrected chi connectivity index (χ4v) is 2.31. The Kier molecular flexibility index (Phi) is 6.07. The Morgan fingerprint density at radius 3 is 2.50 bits per heavy atom. The highest BCUT2D eigenvalue weighted by atomic mass is 19.1. The summed E-state index contributed by atoms with van der Waals surface area (Å²) in [5.41, 5.74) is 2.07. The predicted molar refractivity (Wildman–Crippen MR) is 89.0 cm³/mol. The molecular weight excluding hydrogens is 309 g/mol. The van der Waals surface area contributed by atoms with E-state index in [2.05, 4.69) is 5.32 Å². The minimum atomic E-state index is -0.541. The maximum Gasteiger partial charge on any atom is 0.308 e. The molecule has 2 aromatic rings. The molecule has 4 nitrogen and oxygen atoms in total. The van der Waals surface area contributed by atoms with Crippen LogP contribution >= 0.6 is 0 Å². The summed E-state index contributed by atoms with van der Waals surface area (Å²) in [4.78, 5) is 24.2. The van der Waals surface area contributed by atoms with Crippen LogP contribution in [-0.2, 0) is 9.53 Å². The van der Waals surface area contributed by atoms with Crippen LogP contribution in [-0.4, -0.2) is 18.5 Å². The fraction of sp³-hybridized carbons (Fsp3) is 0.263. The van der Waals surface area contributed by atoms with Crippen molar-refractivity contribution in [2.24, 2.45) is 0 Å². The van der Waals surface area contributed by atoms with Gasteiger partial charge in [-0.25, -0.2) is 4.39 Å². The summed E-state index contributed by atoms with van der Waals surface area (Å²) < 4.78 is 18.3. The van der Waals surface area contributed by atoms with Gasteiger partial charge in [0.05, 0.1) is 19.1 Å². The minimum absolute atomic E-state index is 0.0119. The van der Waals surface area contributed by atoms with Crippen molar-refractivity contribution in [3.8, 4) is 0 Å². The number of rotatable bonds is 6. The summed E-state index contributed by atoms with van der Waals surface area (Å²) in [5, 5.41) is 2.78. The van der Waals surface area contributed by atoms with E-state index in [1.54, 1.807) is 6.92 Å². The van der Waals surface area contributed by atoms with Gasteiger partial charge in [-0.15, -0.1) is 0 Å². The molecule has 0 saturated heterocycles. The van der Waals surface area contributed by atoms with Crippen molar-refractivity contribution in [3.05, 3.63) is 71.0 Å². The topological polar surface area (TPSA) is 55.4 Å². The van der Waals surface area contributed by atoms with E-state index in [0.717, 1.165) is 17.2 Å². The highest BCUT2D eigenvalue weighted by Crippen LogP contribution is 2.19. The number of aryl methyl sites for hydroxylation is 1. The van der Waals surface area contributed by atoms with E-state index in [9.17, 15) is 14.0 Å². The summed E-state index contributed by atoms with van der Waals surface area (Å²) in [7, 11) is 0. The van der Waals surface area contributed by atoms with Gasteiger partial charge in [-0.3, -0.25) is 9.59 Å². The Hall–Kier alpha value is -2.69. The fourth-order valence-electron chi connectivity index (χ4n) is 2.31. The second-order valence-electron chi connectivity index (χ2n) is 5.46. The van der Waals surface area contributed by atoms with E-state index in [-0.39, 0.29) is 18.6 Å². The lowest BCUT2D eigenvalue weighted by atomic mass is 10.0. The number of carbonyl (C=O) groups is 2. The number of amides is 1. The lowest BCUT2D eigenvalue weighted by molar-refractivity contribution is -0.143. The van der Waals surface area contributed by atoms with Crippen LogP contribution in [0.4, 0.5) is 4.39 Å². The van der Waals surface area contributed by atoms with Gasteiger partial charge in [0.25, 0.3) is 5.91 Å². The number of ether oxygens (including phenoxy) is 1. The number of hydrogen-bond acceptors (Lipinski definition) is 3. The van der Waals surface area contributed by atoms with Gasteiger partial charge in [-0.05, 0) is 37.6 Å². The quantitative estimate of drug-likeness (QED) is 0.825. The monoisotopic (exact) mass is 329 g/mol. The molecule has 0 aromatic heterocycles. The van der Waals surface area contributed by atoms with E-state index in [4.69, 9.17) is 4.74 Å². The molecule has 126 valence electrons. The third-order valence-electron chi connectivity index (χ3n) is 3.55. The minimum Gasteiger partial charge on any atom is -0.466 e. The molecule has 0 fully saturated rings. The first-order chi connectivity index (χ1) is 11.5. The summed E-state index contributed by atoms with van der Waals surface area (Å²) in [5.74, 6) is -1.33. The van der Waals surface area contributed by atoms with Gasteiger partial charge in [0.1, 0.15) is 5.82 Å². The summed E-state index contributed by atoms with van der Waals surface area (Å²) in [6, 6.07) is 12.4. The normalized spacial score (nSPS) is 11.6. The van der Waals surface area contributed by atoms with Gasteiger partial charge in [0.15, 0.2) is 0 Å². The van der Waals surface area contributed by atoms with Crippen molar-refractivity contribution < 1.29 is 18.7 Å². The van der Waals surface area contributed by atoms with Crippen molar-refractivity contribution in [1.29, 1.82) is 0 Å². The molecule has 0 heterocycles. The van der Waals surface area contributed by atoms with Gasteiger partial charge in [-0.2, -0.15) is 0 Å². The summed E-state index contributed by atoms with van der Waals surface area (Å²) in [6.45, 7) is 3.96. The van der Waals surface area contributed by atoms with Crippen LogP contribution in [0.1, 0.15) is 40.9 Å². The van der Waals surface area contributed by atoms with Crippen LogP contribution < -0.4 is 5.32 Å². The van der Waals surface area contributed by atoms with Crippen molar-refractivity contribution in [2.75, 3.05) is 6.61 Å². The largest absolute Gasteiger partial charge is 0.466 e. The van der Waals surface area contributed by atoms with Crippen LogP contribution in [0.5, 0.6) is 0 Å². The van der Waals surface area contributed by atoms with Crippen LogP contribution in [0.3, 0.4) is 0 Å². The molecule has 0 aliphatic rings. The average Bonchev–Trinajstić information content (AvgIpc) is 2.55. The van der Waals surface area contributed by atoms with E-state index >= 15 is 0 Å². The number of hydrogen-bond donors (Lipinski definition) is 1. The lowest BCUT2D eigenvalue weighted by Gasteiger charge is -2.19. The first kappa shape index (κ1) is 17.7. The molecule has 0 aliphatic heterocycles. The molecule has 1 N–H and O–H groups in total. The molecule has 1 amide bonds. The highest BCUT2D eigenvalue weighted by Gasteiger charge is 2.20. The molecule has 2 rings (SSSR count).